The summed E-state index contributed by atoms with van der Waals surface area (Å²) in [6.07, 6.45) is 2.15. The highest BCUT2D eigenvalue weighted by Gasteiger charge is 2.40. The number of carboxylic acids is 1. The molecule has 1 saturated carbocycles. The van der Waals surface area contributed by atoms with Gasteiger partial charge in [-0.2, -0.15) is 0 Å². The van der Waals surface area contributed by atoms with Crippen LogP contribution in [-0.2, 0) is 23.2 Å². The van der Waals surface area contributed by atoms with Crippen LogP contribution in [-0.4, -0.2) is 31.7 Å². The molecule has 0 aliphatic heterocycles. The van der Waals surface area contributed by atoms with E-state index in [1.165, 1.54) is 9.13 Å². The van der Waals surface area contributed by atoms with Crippen molar-refractivity contribution in [3.05, 3.63) is 34.7 Å². The maximum atomic E-state index is 12.3. The second kappa shape index (κ2) is 5.57. The number of carbonyl (C=O) groups is 2. The van der Waals surface area contributed by atoms with E-state index in [-0.39, 0.29) is 24.6 Å². The Hall–Kier alpha value is -2.57. The molecule has 1 amide bonds. The number of hydrogen-bond donors (Lipinski definition) is 2. The lowest BCUT2D eigenvalue weighted by Crippen LogP contribution is -2.55. The van der Waals surface area contributed by atoms with Crippen molar-refractivity contribution in [2.45, 2.75) is 37.8 Å². The predicted molar refractivity (Wildman–Crippen MR) is 84.2 cm³/mol. The molecule has 1 heterocycles. The molecule has 2 aromatic rings. The van der Waals surface area contributed by atoms with E-state index in [9.17, 15) is 14.4 Å². The molecule has 2 N–H and O–H groups in total. The molecular weight excluding hydrogens is 298 g/mol. The van der Waals surface area contributed by atoms with Gasteiger partial charge in [0.05, 0.1) is 23.0 Å². The first-order valence-electron chi connectivity index (χ1n) is 7.59. The number of aryl methyl sites for hydroxylation is 1. The van der Waals surface area contributed by atoms with Crippen molar-refractivity contribution >= 4 is 22.9 Å². The molecule has 122 valence electrons. The smallest absolute Gasteiger partial charge is 0.329 e. The highest BCUT2D eigenvalue weighted by atomic mass is 16.4. The summed E-state index contributed by atoms with van der Waals surface area (Å²) in [5.74, 6) is -1.25. The molecule has 1 aromatic carbocycles. The molecule has 1 aromatic heterocycles. The molecule has 0 bridgehead atoms. The highest BCUT2D eigenvalue weighted by Crippen LogP contribution is 2.34. The van der Waals surface area contributed by atoms with Crippen LogP contribution in [0.25, 0.3) is 11.0 Å². The van der Waals surface area contributed by atoms with E-state index < -0.39 is 11.5 Å². The van der Waals surface area contributed by atoms with E-state index in [0.717, 1.165) is 11.9 Å². The second-order valence-corrected chi connectivity index (χ2v) is 6.17. The Bertz CT molecular complexity index is 829. The maximum absolute atomic E-state index is 12.3. The van der Waals surface area contributed by atoms with Crippen LogP contribution in [0, 0.1) is 0 Å². The first kappa shape index (κ1) is 15.3. The molecule has 0 radical (unpaired) electrons. The summed E-state index contributed by atoms with van der Waals surface area (Å²) < 4.78 is 2.91. The van der Waals surface area contributed by atoms with Gasteiger partial charge in [0.25, 0.3) is 0 Å². The topological polar surface area (TPSA) is 93.3 Å². The Kier molecular flexibility index (Phi) is 3.71. The number of hydrogen-bond acceptors (Lipinski definition) is 3. The third-order valence-electron chi connectivity index (χ3n) is 4.56. The summed E-state index contributed by atoms with van der Waals surface area (Å²) in [5, 5.41) is 11.8. The molecule has 3 rings (SSSR count). The standard InChI is InChI=1S/C16H19N3O4/c1-18-11-5-2-3-6-12(11)19(15(18)23)10-13(20)17-16(7-4-8-16)9-14(21)22/h2-3,5-6H,4,7-10H2,1H3,(H,17,20)(H,21,22). The molecule has 1 fully saturated rings. The van der Waals surface area contributed by atoms with Crippen LogP contribution in [0.2, 0.25) is 0 Å². The first-order chi connectivity index (χ1) is 10.9. The summed E-state index contributed by atoms with van der Waals surface area (Å²) in [7, 11) is 1.66. The third-order valence-corrected chi connectivity index (χ3v) is 4.56. The van der Waals surface area contributed by atoms with Crippen molar-refractivity contribution in [2.75, 3.05) is 0 Å². The van der Waals surface area contributed by atoms with Crippen molar-refractivity contribution in [3.8, 4) is 0 Å². The van der Waals surface area contributed by atoms with Crippen molar-refractivity contribution in [1.29, 1.82) is 0 Å². The van der Waals surface area contributed by atoms with E-state index in [0.29, 0.717) is 18.4 Å². The molecule has 0 saturated heterocycles. The van der Waals surface area contributed by atoms with Gasteiger partial charge >= 0.3 is 11.7 Å². The molecule has 23 heavy (non-hydrogen) atoms. The summed E-state index contributed by atoms with van der Waals surface area (Å²) in [6, 6.07) is 7.26. The summed E-state index contributed by atoms with van der Waals surface area (Å²) >= 11 is 0. The van der Waals surface area contributed by atoms with Gasteiger partial charge in [-0.1, -0.05) is 12.1 Å². The van der Waals surface area contributed by atoms with Crippen LogP contribution in [0.5, 0.6) is 0 Å². The molecule has 1 aliphatic carbocycles. The Morgan fingerprint density at radius 2 is 1.91 bits per heavy atom. The highest BCUT2D eigenvalue weighted by molar-refractivity contribution is 5.82. The van der Waals surface area contributed by atoms with Gasteiger partial charge in [-0.25, -0.2) is 4.79 Å². The van der Waals surface area contributed by atoms with Crippen LogP contribution in [0.1, 0.15) is 25.7 Å². The molecule has 0 spiro atoms. The van der Waals surface area contributed by atoms with Crippen molar-refractivity contribution < 1.29 is 14.7 Å². The van der Waals surface area contributed by atoms with Crippen LogP contribution >= 0.6 is 0 Å². The number of benzene rings is 1. The number of aromatic nitrogens is 2. The van der Waals surface area contributed by atoms with Crippen LogP contribution < -0.4 is 11.0 Å². The Morgan fingerprint density at radius 3 is 2.48 bits per heavy atom. The van der Waals surface area contributed by atoms with Gasteiger partial charge in [0, 0.05) is 7.05 Å². The number of fused-ring (bicyclic) bond motifs is 1. The molecule has 0 unspecified atom stereocenters. The molecular formula is C16H19N3O4. The monoisotopic (exact) mass is 317 g/mol. The van der Waals surface area contributed by atoms with Gasteiger partial charge in [-0.3, -0.25) is 18.7 Å². The van der Waals surface area contributed by atoms with Crippen LogP contribution in [0.15, 0.2) is 29.1 Å². The lowest BCUT2D eigenvalue weighted by atomic mass is 9.74. The predicted octanol–water partition coefficient (Wildman–Crippen LogP) is 0.854. The van der Waals surface area contributed by atoms with Crippen LogP contribution in [0.4, 0.5) is 0 Å². The number of nitrogens with zero attached hydrogens (tertiary/aromatic N) is 2. The number of amides is 1. The molecule has 0 atom stereocenters. The number of carbonyl (C=O) groups excluding carboxylic acids is 1. The molecule has 1 aliphatic rings. The van der Waals surface area contributed by atoms with Crippen molar-refractivity contribution in [1.82, 2.24) is 14.5 Å². The lowest BCUT2D eigenvalue weighted by Gasteiger charge is -2.41. The summed E-state index contributed by atoms with van der Waals surface area (Å²) in [5.41, 5.74) is 0.532. The number of rotatable bonds is 5. The lowest BCUT2D eigenvalue weighted by molar-refractivity contribution is -0.140. The fraction of sp³-hybridized carbons (Fsp3) is 0.438. The fourth-order valence-corrected chi connectivity index (χ4v) is 3.23. The number of carboxylic acid groups (broad SMARTS) is 1. The third kappa shape index (κ3) is 2.74. The molecule has 7 heteroatoms. The van der Waals surface area contributed by atoms with Crippen molar-refractivity contribution in [3.63, 3.8) is 0 Å². The zero-order valence-corrected chi connectivity index (χ0v) is 12.9. The zero-order valence-electron chi connectivity index (χ0n) is 12.9. The summed E-state index contributed by atoms with van der Waals surface area (Å²) in [6.45, 7) is -0.110. The van der Waals surface area contributed by atoms with Gasteiger partial charge < -0.3 is 10.4 Å². The normalized spacial score (nSPS) is 16.0. The largest absolute Gasteiger partial charge is 0.481 e. The number of nitrogens with one attached hydrogen (secondary N) is 1. The van der Waals surface area contributed by atoms with E-state index in [4.69, 9.17) is 5.11 Å². The van der Waals surface area contributed by atoms with E-state index in [1.807, 2.05) is 18.2 Å². The fourth-order valence-electron chi connectivity index (χ4n) is 3.23. The second-order valence-electron chi connectivity index (χ2n) is 6.17. The Morgan fingerprint density at radius 1 is 1.26 bits per heavy atom. The van der Waals surface area contributed by atoms with E-state index in [1.54, 1.807) is 13.1 Å². The van der Waals surface area contributed by atoms with E-state index in [2.05, 4.69) is 5.32 Å². The number of aliphatic carboxylic acids is 1. The van der Waals surface area contributed by atoms with Gasteiger partial charge in [-0.15, -0.1) is 0 Å². The van der Waals surface area contributed by atoms with Crippen molar-refractivity contribution in [2.24, 2.45) is 7.05 Å². The minimum atomic E-state index is -0.924. The first-order valence-corrected chi connectivity index (χ1v) is 7.59. The van der Waals surface area contributed by atoms with Gasteiger partial charge in [0.1, 0.15) is 6.54 Å². The average Bonchev–Trinajstić information content (AvgIpc) is 2.70. The molecule has 7 nitrogen and oxygen atoms in total. The maximum Gasteiger partial charge on any atom is 0.329 e. The minimum absolute atomic E-state index is 0.0802. The van der Waals surface area contributed by atoms with Crippen LogP contribution in [0.3, 0.4) is 0 Å². The average molecular weight is 317 g/mol. The quantitative estimate of drug-likeness (QED) is 0.855. The SMILES string of the molecule is Cn1c(=O)n(CC(=O)NC2(CC(=O)O)CCC2)c2ccccc21. The zero-order chi connectivity index (χ0) is 16.6. The van der Waals surface area contributed by atoms with Gasteiger partial charge in [-0.05, 0) is 31.4 Å². The Labute approximate surface area is 132 Å². The number of para-hydroxylation sites is 2. The van der Waals surface area contributed by atoms with Gasteiger partial charge in [0.2, 0.25) is 5.91 Å². The summed E-state index contributed by atoms with van der Waals surface area (Å²) in [4.78, 5) is 35.6. The van der Waals surface area contributed by atoms with E-state index >= 15 is 0 Å². The van der Waals surface area contributed by atoms with Gasteiger partial charge in [0.15, 0.2) is 0 Å². The minimum Gasteiger partial charge on any atom is -0.481 e. The Balaban J connectivity index is 1.82. The number of imidazole rings is 1.